The summed E-state index contributed by atoms with van der Waals surface area (Å²) in [7, 11) is 0. The molecular weight excluding hydrogens is 234 g/mol. The average molecular weight is 249 g/mol. The third-order valence-corrected chi connectivity index (χ3v) is 3.51. The maximum atomic E-state index is 11.2. The van der Waals surface area contributed by atoms with Crippen LogP contribution in [-0.2, 0) is 10.4 Å². The number of amides is 1. The first-order valence-electron chi connectivity index (χ1n) is 6.03. The van der Waals surface area contributed by atoms with Crippen molar-refractivity contribution >= 4 is 11.6 Å². The van der Waals surface area contributed by atoms with Gasteiger partial charge in [-0.25, -0.2) is 0 Å². The Morgan fingerprint density at radius 3 is 2.56 bits per heavy atom. The predicted octanol–water partition coefficient (Wildman–Crippen LogP) is 1.75. The van der Waals surface area contributed by atoms with Gasteiger partial charge in [-0.2, -0.15) is 0 Å². The number of carbonyl (C=O) groups excluding carboxylic acids is 1. The van der Waals surface area contributed by atoms with Gasteiger partial charge in [0.1, 0.15) is 0 Å². The Hall–Kier alpha value is -1.75. The SMILES string of the molecule is CC(=O)Nc1cc2c(cc1C1(O)CCC1)OCO2. The molecule has 0 unspecified atom stereocenters. The Morgan fingerprint density at radius 1 is 1.33 bits per heavy atom. The largest absolute Gasteiger partial charge is 0.454 e. The first-order valence-corrected chi connectivity index (χ1v) is 6.03. The Bertz CT molecular complexity index is 508. The summed E-state index contributed by atoms with van der Waals surface area (Å²) in [4.78, 5) is 11.2. The third kappa shape index (κ3) is 1.71. The summed E-state index contributed by atoms with van der Waals surface area (Å²) in [5, 5.41) is 13.2. The van der Waals surface area contributed by atoms with E-state index in [0.29, 0.717) is 35.6 Å². The molecule has 5 nitrogen and oxygen atoms in total. The highest BCUT2D eigenvalue weighted by atomic mass is 16.7. The summed E-state index contributed by atoms with van der Waals surface area (Å²) in [6, 6.07) is 3.49. The quantitative estimate of drug-likeness (QED) is 0.837. The number of rotatable bonds is 2. The van der Waals surface area contributed by atoms with Crippen LogP contribution in [0.5, 0.6) is 11.5 Å². The molecule has 96 valence electrons. The van der Waals surface area contributed by atoms with E-state index in [1.165, 1.54) is 6.92 Å². The van der Waals surface area contributed by atoms with Crippen LogP contribution in [0.1, 0.15) is 31.7 Å². The summed E-state index contributed by atoms with van der Waals surface area (Å²) < 4.78 is 10.6. The van der Waals surface area contributed by atoms with E-state index < -0.39 is 5.60 Å². The van der Waals surface area contributed by atoms with Crippen LogP contribution in [0.25, 0.3) is 0 Å². The number of aliphatic hydroxyl groups is 1. The van der Waals surface area contributed by atoms with Gasteiger partial charge in [0.05, 0.1) is 11.3 Å². The second-order valence-electron chi connectivity index (χ2n) is 4.82. The van der Waals surface area contributed by atoms with Gasteiger partial charge >= 0.3 is 0 Å². The molecule has 1 saturated carbocycles. The third-order valence-electron chi connectivity index (χ3n) is 3.51. The molecule has 0 atom stereocenters. The summed E-state index contributed by atoms with van der Waals surface area (Å²) in [6.07, 6.45) is 2.41. The summed E-state index contributed by atoms with van der Waals surface area (Å²) in [6.45, 7) is 1.62. The minimum absolute atomic E-state index is 0.168. The van der Waals surface area contributed by atoms with Crippen molar-refractivity contribution in [3.8, 4) is 11.5 Å². The van der Waals surface area contributed by atoms with Gasteiger partial charge in [-0.15, -0.1) is 0 Å². The fraction of sp³-hybridized carbons (Fsp3) is 0.462. The Morgan fingerprint density at radius 2 is 2.00 bits per heavy atom. The lowest BCUT2D eigenvalue weighted by Gasteiger charge is -2.38. The molecule has 0 aromatic heterocycles. The molecule has 2 N–H and O–H groups in total. The first-order chi connectivity index (χ1) is 8.58. The van der Waals surface area contributed by atoms with Crippen molar-refractivity contribution in [3.05, 3.63) is 17.7 Å². The minimum Gasteiger partial charge on any atom is -0.454 e. The van der Waals surface area contributed by atoms with E-state index in [1.54, 1.807) is 12.1 Å². The number of benzene rings is 1. The second kappa shape index (κ2) is 3.88. The number of hydrogen-bond donors (Lipinski definition) is 2. The van der Waals surface area contributed by atoms with E-state index in [-0.39, 0.29) is 12.7 Å². The molecule has 1 aliphatic carbocycles. The molecule has 0 saturated heterocycles. The number of ether oxygens (including phenoxy) is 2. The average Bonchev–Trinajstić information content (AvgIpc) is 2.71. The van der Waals surface area contributed by atoms with Crippen LogP contribution in [0.15, 0.2) is 12.1 Å². The van der Waals surface area contributed by atoms with E-state index >= 15 is 0 Å². The van der Waals surface area contributed by atoms with Crippen molar-refractivity contribution in [2.24, 2.45) is 0 Å². The topological polar surface area (TPSA) is 67.8 Å². The molecule has 2 aliphatic rings. The zero-order valence-electron chi connectivity index (χ0n) is 10.2. The molecule has 1 amide bonds. The molecule has 1 aromatic carbocycles. The predicted molar refractivity (Wildman–Crippen MR) is 64.6 cm³/mol. The molecular formula is C13H15NO4. The smallest absolute Gasteiger partial charge is 0.231 e. The Kier molecular flexibility index (Phi) is 2.45. The number of carbonyl (C=O) groups is 1. The van der Waals surface area contributed by atoms with Gasteiger partial charge in [0.25, 0.3) is 0 Å². The Labute approximate surface area is 105 Å². The van der Waals surface area contributed by atoms with E-state index in [9.17, 15) is 9.90 Å². The molecule has 1 aliphatic heterocycles. The van der Waals surface area contributed by atoms with Gasteiger partial charge in [-0.05, 0) is 25.3 Å². The highest BCUT2D eigenvalue weighted by Crippen LogP contribution is 2.48. The number of fused-ring (bicyclic) bond motifs is 1. The molecule has 5 heteroatoms. The second-order valence-corrected chi connectivity index (χ2v) is 4.82. The standard InChI is InChI=1S/C13H15NO4/c1-8(15)14-10-6-12-11(17-7-18-12)5-9(10)13(16)3-2-4-13/h5-6,16H,2-4,7H2,1H3,(H,14,15). The van der Waals surface area contributed by atoms with Gasteiger partial charge < -0.3 is 19.9 Å². The molecule has 0 bridgehead atoms. The Balaban J connectivity index is 2.06. The zero-order valence-corrected chi connectivity index (χ0v) is 10.2. The van der Waals surface area contributed by atoms with Gasteiger partial charge in [0, 0.05) is 18.6 Å². The number of hydrogen-bond acceptors (Lipinski definition) is 4. The molecule has 3 rings (SSSR count). The monoisotopic (exact) mass is 249 g/mol. The maximum absolute atomic E-state index is 11.2. The van der Waals surface area contributed by atoms with Gasteiger partial charge in [-0.3, -0.25) is 4.79 Å². The van der Waals surface area contributed by atoms with Gasteiger partial charge in [-0.1, -0.05) is 0 Å². The lowest BCUT2D eigenvalue weighted by molar-refractivity contribution is -0.114. The summed E-state index contributed by atoms with van der Waals surface area (Å²) in [5.41, 5.74) is 0.473. The minimum atomic E-state index is -0.848. The van der Waals surface area contributed by atoms with Crippen LogP contribution < -0.4 is 14.8 Å². The first kappa shape index (κ1) is 11.3. The fourth-order valence-electron chi connectivity index (χ4n) is 2.40. The zero-order chi connectivity index (χ0) is 12.8. The van der Waals surface area contributed by atoms with E-state index in [2.05, 4.69) is 5.32 Å². The van der Waals surface area contributed by atoms with E-state index in [4.69, 9.17) is 9.47 Å². The molecule has 0 radical (unpaired) electrons. The van der Waals surface area contributed by atoms with Gasteiger partial charge in [0.15, 0.2) is 11.5 Å². The van der Waals surface area contributed by atoms with Crippen molar-refractivity contribution in [2.45, 2.75) is 31.8 Å². The normalized spacial score (nSPS) is 19.2. The van der Waals surface area contributed by atoms with E-state index in [0.717, 1.165) is 6.42 Å². The molecule has 0 spiro atoms. The highest BCUT2D eigenvalue weighted by Gasteiger charge is 2.39. The van der Waals surface area contributed by atoms with Crippen molar-refractivity contribution in [3.63, 3.8) is 0 Å². The summed E-state index contributed by atoms with van der Waals surface area (Å²) in [5.74, 6) is 1.06. The van der Waals surface area contributed by atoms with Crippen molar-refractivity contribution < 1.29 is 19.4 Å². The fourth-order valence-corrected chi connectivity index (χ4v) is 2.40. The lowest BCUT2D eigenvalue weighted by atomic mass is 9.74. The molecule has 1 aromatic rings. The van der Waals surface area contributed by atoms with Crippen LogP contribution >= 0.6 is 0 Å². The van der Waals surface area contributed by atoms with E-state index in [1.807, 2.05) is 0 Å². The molecule has 18 heavy (non-hydrogen) atoms. The van der Waals surface area contributed by atoms with Crippen LogP contribution in [0.3, 0.4) is 0 Å². The lowest BCUT2D eigenvalue weighted by Crippen LogP contribution is -2.34. The van der Waals surface area contributed by atoms with Crippen LogP contribution in [0.4, 0.5) is 5.69 Å². The maximum Gasteiger partial charge on any atom is 0.231 e. The number of nitrogens with one attached hydrogen (secondary N) is 1. The van der Waals surface area contributed by atoms with Crippen molar-refractivity contribution in [1.82, 2.24) is 0 Å². The van der Waals surface area contributed by atoms with Crippen molar-refractivity contribution in [2.75, 3.05) is 12.1 Å². The highest BCUT2D eigenvalue weighted by molar-refractivity contribution is 5.90. The van der Waals surface area contributed by atoms with Crippen LogP contribution in [0.2, 0.25) is 0 Å². The molecule has 1 fully saturated rings. The van der Waals surface area contributed by atoms with Gasteiger partial charge in [0.2, 0.25) is 12.7 Å². The van der Waals surface area contributed by atoms with Crippen molar-refractivity contribution in [1.29, 1.82) is 0 Å². The van der Waals surface area contributed by atoms with Crippen LogP contribution in [-0.4, -0.2) is 17.8 Å². The van der Waals surface area contributed by atoms with Crippen LogP contribution in [0, 0.1) is 0 Å². The number of anilines is 1. The summed E-state index contributed by atoms with van der Waals surface area (Å²) >= 11 is 0. The molecule has 1 heterocycles.